The van der Waals surface area contributed by atoms with Crippen molar-refractivity contribution in [1.29, 1.82) is 0 Å². The highest BCUT2D eigenvalue weighted by Crippen LogP contribution is 2.66. The van der Waals surface area contributed by atoms with E-state index in [4.69, 9.17) is 13.6 Å². The molecule has 5 atom stereocenters. The van der Waals surface area contributed by atoms with Crippen LogP contribution in [0.1, 0.15) is 120 Å². The SMILES string of the molecule is COC(=O)CCCCCC(O)C1(O[SiH3])C(=O)CC(C)(C(C)(C)C)C1(C)C=CC(CCCCCO[SiH](C)C)C(C)(C)C. The maximum atomic E-state index is 14.1. The fourth-order valence-electron chi connectivity index (χ4n) is 6.86. The molecule has 0 amide bonds. The van der Waals surface area contributed by atoms with E-state index in [-0.39, 0.29) is 22.6 Å². The van der Waals surface area contributed by atoms with Crippen molar-refractivity contribution >= 4 is 31.3 Å². The standard InChI is InChI=1S/C33H64O6Si2/c1-29(2,3)25(18-14-13-17-23-38-41(10)11)21-22-31(7)32(8,30(4,5)6)24-27(35)33(31,39-40)26(34)19-15-12-16-20-28(36)37-9/h21-22,25-26,34,41H,12-20,23-24H2,1-11,40H3. The summed E-state index contributed by atoms with van der Waals surface area (Å²) < 4.78 is 17.0. The van der Waals surface area contributed by atoms with Gasteiger partial charge < -0.3 is 18.7 Å². The Balaban J connectivity index is 3.32. The largest absolute Gasteiger partial charge is 0.469 e. The lowest BCUT2D eigenvalue weighted by molar-refractivity contribution is -0.160. The van der Waals surface area contributed by atoms with Gasteiger partial charge in [0.05, 0.1) is 13.2 Å². The fourth-order valence-corrected chi connectivity index (χ4v) is 8.42. The summed E-state index contributed by atoms with van der Waals surface area (Å²) in [4.78, 5) is 25.6. The summed E-state index contributed by atoms with van der Waals surface area (Å²) in [5.74, 6) is 0.135. The number of ketones is 1. The second-order valence-electron chi connectivity index (χ2n) is 15.1. The van der Waals surface area contributed by atoms with Gasteiger partial charge in [-0.15, -0.1) is 0 Å². The smallest absolute Gasteiger partial charge is 0.305 e. The molecule has 0 aromatic heterocycles. The second kappa shape index (κ2) is 15.8. The van der Waals surface area contributed by atoms with Gasteiger partial charge in [-0.05, 0) is 60.9 Å². The van der Waals surface area contributed by atoms with Crippen LogP contribution in [0.4, 0.5) is 0 Å². The third kappa shape index (κ3) is 9.10. The lowest BCUT2D eigenvalue weighted by atomic mass is 9.51. The van der Waals surface area contributed by atoms with Crippen LogP contribution < -0.4 is 0 Å². The van der Waals surface area contributed by atoms with E-state index in [0.717, 1.165) is 45.1 Å². The molecule has 1 rings (SSSR count). The molecular formula is C33H64O6Si2. The van der Waals surface area contributed by atoms with Crippen LogP contribution in [0.3, 0.4) is 0 Å². The molecule has 1 N–H and O–H groups in total. The molecule has 5 unspecified atom stereocenters. The zero-order chi connectivity index (χ0) is 31.7. The van der Waals surface area contributed by atoms with Crippen molar-refractivity contribution in [2.75, 3.05) is 13.7 Å². The van der Waals surface area contributed by atoms with E-state index in [2.05, 4.69) is 80.6 Å². The Morgan fingerprint density at radius 1 is 1.02 bits per heavy atom. The Morgan fingerprint density at radius 3 is 2.12 bits per heavy atom. The first-order chi connectivity index (χ1) is 18.8. The minimum Gasteiger partial charge on any atom is -0.469 e. The summed E-state index contributed by atoms with van der Waals surface area (Å²) in [6.45, 7) is 23.2. The first kappa shape index (κ1) is 38.2. The molecule has 0 aliphatic heterocycles. The lowest BCUT2D eigenvalue weighted by Gasteiger charge is -2.55. The number of allylic oxidation sites excluding steroid dienone is 1. The zero-order valence-electron chi connectivity index (χ0n) is 28.7. The number of hydrogen-bond donors (Lipinski definition) is 1. The van der Waals surface area contributed by atoms with Gasteiger partial charge in [0, 0.05) is 24.9 Å². The molecule has 1 aliphatic carbocycles. The van der Waals surface area contributed by atoms with E-state index >= 15 is 0 Å². The van der Waals surface area contributed by atoms with E-state index in [9.17, 15) is 14.7 Å². The number of esters is 1. The topological polar surface area (TPSA) is 82.1 Å². The first-order valence-corrected chi connectivity index (χ1v) is 19.6. The van der Waals surface area contributed by atoms with Crippen LogP contribution in [0.2, 0.25) is 13.1 Å². The molecule has 41 heavy (non-hydrogen) atoms. The van der Waals surface area contributed by atoms with Crippen LogP contribution in [-0.2, 0) is 23.2 Å². The fraction of sp³-hybridized carbons (Fsp3) is 0.879. The van der Waals surface area contributed by atoms with Crippen molar-refractivity contribution in [2.24, 2.45) is 27.6 Å². The molecule has 0 heterocycles. The number of Topliss-reactive ketones (excluding diaryl/α,β-unsaturated/α-hetero) is 1. The highest BCUT2D eigenvalue weighted by atomic mass is 28.3. The minimum atomic E-state index is -1.28. The lowest BCUT2D eigenvalue weighted by Crippen LogP contribution is -2.61. The van der Waals surface area contributed by atoms with Crippen molar-refractivity contribution in [3.63, 3.8) is 0 Å². The third-order valence-electron chi connectivity index (χ3n) is 10.3. The van der Waals surface area contributed by atoms with Crippen LogP contribution in [0, 0.1) is 27.6 Å². The molecule has 0 aromatic carbocycles. The van der Waals surface area contributed by atoms with Gasteiger partial charge in [-0.25, -0.2) is 0 Å². The number of unbranched alkanes of at least 4 members (excludes halogenated alkanes) is 4. The average molecular weight is 613 g/mol. The van der Waals surface area contributed by atoms with Gasteiger partial charge in [-0.1, -0.05) is 93.2 Å². The van der Waals surface area contributed by atoms with Crippen molar-refractivity contribution in [2.45, 2.75) is 144 Å². The van der Waals surface area contributed by atoms with E-state index in [1.807, 2.05) is 0 Å². The number of rotatable bonds is 17. The minimum absolute atomic E-state index is 0.0140. The first-order valence-electron chi connectivity index (χ1n) is 16.0. The molecule has 1 saturated carbocycles. The highest BCUT2D eigenvalue weighted by Gasteiger charge is 2.72. The molecule has 0 aromatic rings. The van der Waals surface area contributed by atoms with E-state index in [1.165, 1.54) is 7.11 Å². The predicted octanol–water partition coefficient (Wildman–Crippen LogP) is 6.32. The predicted molar refractivity (Wildman–Crippen MR) is 176 cm³/mol. The number of ether oxygens (including phenoxy) is 1. The van der Waals surface area contributed by atoms with E-state index in [1.54, 1.807) is 0 Å². The van der Waals surface area contributed by atoms with Gasteiger partial charge in [0.15, 0.2) is 14.8 Å². The van der Waals surface area contributed by atoms with Crippen molar-refractivity contribution in [3.05, 3.63) is 12.2 Å². The summed E-state index contributed by atoms with van der Waals surface area (Å²) in [5.41, 5.74) is -2.51. The maximum Gasteiger partial charge on any atom is 0.305 e. The Labute approximate surface area is 257 Å². The Hall–Kier alpha value is -0.806. The number of carbonyl (C=O) groups excluding carboxylic acids is 2. The van der Waals surface area contributed by atoms with Crippen molar-refractivity contribution in [1.82, 2.24) is 0 Å². The van der Waals surface area contributed by atoms with Crippen molar-refractivity contribution < 1.29 is 28.3 Å². The van der Waals surface area contributed by atoms with Gasteiger partial charge in [0.25, 0.3) is 0 Å². The number of aliphatic hydroxyl groups is 1. The monoisotopic (exact) mass is 612 g/mol. The molecule has 0 saturated heterocycles. The van der Waals surface area contributed by atoms with E-state index < -0.39 is 31.6 Å². The van der Waals surface area contributed by atoms with Gasteiger partial charge in [-0.2, -0.15) is 0 Å². The molecular weight excluding hydrogens is 549 g/mol. The number of carbonyl (C=O) groups is 2. The molecule has 0 radical (unpaired) electrons. The highest BCUT2D eigenvalue weighted by molar-refractivity contribution is 6.48. The number of hydrogen-bond acceptors (Lipinski definition) is 6. The Morgan fingerprint density at radius 2 is 1.61 bits per heavy atom. The third-order valence-corrected chi connectivity index (χ3v) is 11.8. The van der Waals surface area contributed by atoms with E-state index in [0.29, 0.717) is 42.1 Å². The van der Waals surface area contributed by atoms with Gasteiger partial charge in [0.2, 0.25) is 0 Å². The van der Waals surface area contributed by atoms with Gasteiger partial charge in [-0.3, -0.25) is 9.59 Å². The Kier molecular flexibility index (Phi) is 14.7. The second-order valence-corrected chi connectivity index (χ2v) is 18.0. The van der Waals surface area contributed by atoms with Crippen LogP contribution in [0.25, 0.3) is 0 Å². The molecule has 0 bridgehead atoms. The number of aliphatic hydroxyl groups excluding tert-OH is 1. The van der Waals surface area contributed by atoms with Crippen LogP contribution in [0.15, 0.2) is 12.2 Å². The normalized spacial score (nSPS) is 27.2. The van der Waals surface area contributed by atoms with Crippen LogP contribution >= 0.6 is 0 Å². The van der Waals surface area contributed by atoms with Crippen LogP contribution in [0.5, 0.6) is 0 Å². The van der Waals surface area contributed by atoms with Gasteiger partial charge >= 0.3 is 5.97 Å². The molecule has 1 fully saturated rings. The summed E-state index contributed by atoms with van der Waals surface area (Å²) >= 11 is 0. The summed E-state index contributed by atoms with van der Waals surface area (Å²) in [5, 5.41) is 11.8. The number of methoxy groups -OCH3 is 1. The molecule has 1 aliphatic rings. The quantitative estimate of drug-likeness (QED) is 0.0897. The summed E-state index contributed by atoms with van der Waals surface area (Å²) in [6, 6.07) is 0. The molecule has 0 spiro atoms. The van der Waals surface area contributed by atoms with Crippen LogP contribution in [-0.4, -0.2) is 61.8 Å². The summed E-state index contributed by atoms with van der Waals surface area (Å²) in [6.07, 6.45) is 11.6. The van der Waals surface area contributed by atoms with Crippen molar-refractivity contribution in [3.8, 4) is 0 Å². The zero-order valence-corrected chi connectivity index (χ0v) is 31.8. The summed E-state index contributed by atoms with van der Waals surface area (Å²) in [7, 11) is 0.787. The van der Waals surface area contributed by atoms with Gasteiger partial charge in [0.1, 0.15) is 16.1 Å². The maximum absolute atomic E-state index is 14.1. The average Bonchev–Trinajstić information content (AvgIpc) is 3.04. The molecule has 6 nitrogen and oxygen atoms in total. The molecule has 8 heteroatoms. The molecule has 240 valence electrons. The Bertz CT molecular complexity index is 861.